The molecule has 0 saturated carbocycles. The van der Waals surface area contributed by atoms with Gasteiger partial charge in [-0.25, -0.2) is 4.39 Å². The second-order valence-corrected chi connectivity index (χ2v) is 7.94. The molecule has 3 heterocycles. The highest BCUT2D eigenvalue weighted by atomic mass is 19.1. The standard InChI is InChI=1S/C24H22FN5O2/c25-20-7-3-1-5-16(20)13-29-15-18(12-27-29)28-24(32)22-9-10-23(31)30(22)14-17-11-26-21-8-4-2-6-19(17)21/h1-8,11-12,15,22,26H,9-10,13-14H2,(H,28,32). The van der Waals surface area contributed by atoms with Crippen molar-refractivity contribution in [1.29, 1.82) is 0 Å². The number of nitrogens with one attached hydrogen (secondary N) is 2. The highest BCUT2D eigenvalue weighted by Crippen LogP contribution is 2.26. The Labute approximate surface area is 183 Å². The fourth-order valence-electron chi connectivity index (χ4n) is 4.19. The van der Waals surface area contributed by atoms with Crippen LogP contribution in [0.4, 0.5) is 10.1 Å². The fraction of sp³-hybridized carbons (Fsp3) is 0.208. The molecule has 0 aliphatic carbocycles. The zero-order chi connectivity index (χ0) is 22.1. The number of rotatable bonds is 6. The summed E-state index contributed by atoms with van der Waals surface area (Å²) in [6, 6.07) is 13.8. The van der Waals surface area contributed by atoms with E-state index in [1.165, 1.54) is 12.3 Å². The zero-order valence-electron chi connectivity index (χ0n) is 17.3. The smallest absolute Gasteiger partial charge is 0.247 e. The number of aromatic amines is 1. The van der Waals surface area contributed by atoms with Crippen LogP contribution in [0, 0.1) is 5.82 Å². The van der Waals surface area contributed by atoms with Gasteiger partial charge in [0.25, 0.3) is 0 Å². The lowest BCUT2D eigenvalue weighted by Gasteiger charge is -2.23. The summed E-state index contributed by atoms with van der Waals surface area (Å²) >= 11 is 0. The third kappa shape index (κ3) is 3.87. The molecule has 0 spiro atoms. The molecule has 5 rings (SSSR count). The van der Waals surface area contributed by atoms with Crippen molar-refractivity contribution >= 4 is 28.4 Å². The molecule has 4 aromatic rings. The van der Waals surface area contributed by atoms with Crippen molar-refractivity contribution in [2.75, 3.05) is 5.32 Å². The SMILES string of the molecule is O=C(Nc1cnn(Cc2ccccc2F)c1)C1CCC(=O)N1Cc1c[nH]c2ccccc12. The van der Waals surface area contributed by atoms with Crippen LogP contribution < -0.4 is 5.32 Å². The first kappa shape index (κ1) is 20.0. The van der Waals surface area contributed by atoms with Crippen LogP contribution in [0.25, 0.3) is 10.9 Å². The Morgan fingerprint density at radius 1 is 1.12 bits per heavy atom. The predicted octanol–water partition coefficient (Wildman–Crippen LogP) is 3.68. The normalized spacial score (nSPS) is 16.1. The first-order chi connectivity index (χ1) is 15.6. The number of aromatic nitrogens is 3. The molecule has 2 aromatic heterocycles. The van der Waals surface area contributed by atoms with Gasteiger partial charge in [0.1, 0.15) is 11.9 Å². The number of hydrogen-bond donors (Lipinski definition) is 2. The molecule has 2 amide bonds. The van der Waals surface area contributed by atoms with Crippen molar-refractivity contribution in [3.63, 3.8) is 0 Å². The van der Waals surface area contributed by atoms with Gasteiger partial charge in [-0.15, -0.1) is 0 Å². The van der Waals surface area contributed by atoms with E-state index in [-0.39, 0.29) is 24.2 Å². The van der Waals surface area contributed by atoms with Crippen LogP contribution in [-0.2, 0) is 22.7 Å². The third-order valence-electron chi connectivity index (χ3n) is 5.84. The maximum Gasteiger partial charge on any atom is 0.247 e. The highest BCUT2D eigenvalue weighted by Gasteiger charge is 2.36. The van der Waals surface area contributed by atoms with Crippen molar-refractivity contribution in [1.82, 2.24) is 19.7 Å². The molecule has 1 atom stereocenters. The molecule has 1 unspecified atom stereocenters. The van der Waals surface area contributed by atoms with Gasteiger partial charge >= 0.3 is 0 Å². The van der Waals surface area contributed by atoms with E-state index in [0.29, 0.717) is 30.6 Å². The summed E-state index contributed by atoms with van der Waals surface area (Å²) in [4.78, 5) is 30.3. The molecule has 2 aromatic carbocycles. The Bertz CT molecular complexity index is 1290. The van der Waals surface area contributed by atoms with Gasteiger partial charge in [0, 0.05) is 41.8 Å². The first-order valence-electron chi connectivity index (χ1n) is 10.5. The fourth-order valence-corrected chi connectivity index (χ4v) is 4.19. The maximum absolute atomic E-state index is 13.9. The number of amides is 2. The zero-order valence-corrected chi connectivity index (χ0v) is 17.3. The summed E-state index contributed by atoms with van der Waals surface area (Å²) in [5, 5.41) is 8.11. The Morgan fingerprint density at radius 3 is 2.81 bits per heavy atom. The lowest BCUT2D eigenvalue weighted by molar-refractivity contribution is -0.133. The third-order valence-corrected chi connectivity index (χ3v) is 5.84. The quantitative estimate of drug-likeness (QED) is 0.489. The molecule has 1 aliphatic rings. The van der Waals surface area contributed by atoms with Gasteiger partial charge in [-0.05, 0) is 24.1 Å². The van der Waals surface area contributed by atoms with Crippen molar-refractivity contribution < 1.29 is 14.0 Å². The summed E-state index contributed by atoms with van der Waals surface area (Å²) in [7, 11) is 0. The van der Waals surface area contributed by atoms with Gasteiger partial charge in [0.2, 0.25) is 11.8 Å². The van der Waals surface area contributed by atoms with Crippen LogP contribution in [0.3, 0.4) is 0 Å². The molecule has 8 heteroatoms. The van der Waals surface area contributed by atoms with E-state index in [4.69, 9.17) is 0 Å². The second-order valence-electron chi connectivity index (χ2n) is 7.94. The van der Waals surface area contributed by atoms with Gasteiger partial charge in [0.15, 0.2) is 0 Å². The number of halogens is 1. The van der Waals surface area contributed by atoms with Gasteiger partial charge in [-0.3, -0.25) is 14.3 Å². The molecule has 32 heavy (non-hydrogen) atoms. The molecule has 1 saturated heterocycles. The molecule has 1 fully saturated rings. The minimum Gasteiger partial charge on any atom is -0.361 e. The Balaban J connectivity index is 1.28. The monoisotopic (exact) mass is 431 g/mol. The number of carbonyl (C=O) groups excluding carboxylic acids is 2. The van der Waals surface area contributed by atoms with E-state index in [0.717, 1.165) is 16.5 Å². The Kier molecular flexibility index (Phi) is 5.18. The van der Waals surface area contributed by atoms with Gasteiger partial charge in [-0.2, -0.15) is 5.10 Å². The number of H-pyrrole nitrogens is 1. The lowest BCUT2D eigenvalue weighted by atomic mass is 10.1. The molecule has 1 aliphatic heterocycles. The minimum atomic E-state index is -0.550. The number of carbonyl (C=O) groups is 2. The number of nitrogens with zero attached hydrogens (tertiary/aromatic N) is 3. The molecular formula is C24H22FN5O2. The van der Waals surface area contributed by atoms with Crippen LogP contribution in [0.5, 0.6) is 0 Å². The summed E-state index contributed by atoms with van der Waals surface area (Å²) in [6.45, 7) is 0.630. The Morgan fingerprint density at radius 2 is 1.94 bits per heavy atom. The number of hydrogen-bond acceptors (Lipinski definition) is 3. The van der Waals surface area contributed by atoms with E-state index in [1.54, 1.807) is 34.0 Å². The van der Waals surface area contributed by atoms with Crippen LogP contribution >= 0.6 is 0 Å². The molecule has 7 nitrogen and oxygen atoms in total. The van der Waals surface area contributed by atoms with E-state index in [2.05, 4.69) is 15.4 Å². The molecule has 0 radical (unpaired) electrons. The van der Waals surface area contributed by atoms with Gasteiger partial charge in [0.05, 0.1) is 18.4 Å². The molecule has 0 bridgehead atoms. The van der Waals surface area contributed by atoms with Crippen LogP contribution in [0.15, 0.2) is 67.1 Å². The van der Waals surface area contributed by atoms with Crippen molar-refractivity contribution in [2.45, 2.75) is 32.0 Å². The summed E-state index contributed by atoms with van der Waals surface area (Å²) in [5.74, 6) is -0.585. The number of fused-ring (bicyclic) bond motifs is 1. The summed E-state index contributed by atoms with van der Waals surface area (Å²) in [6.07, 6.45) is 5.88. The number of likely N-dealkylation sites (tertiary alicyclic amines) is 1. The number of benzene rings is 2. The average Bonchev–Trinajstić information content (AvgIpc) is 3.50. The van der Waals surface area contributed by atoms with E-state index in [1.807, 2.05) is 30.5 Å². The average molecular weight is 431 g/mol. The van der Waals surface area contributed by atoms with Crippen molar-refractivity contribution in [3.05, 3.63) is 84.1 Å². The molecule has 162 valence electrons. The largest absolute Gasteiger partial charge is 0.361 e. The van der Waals surface area contributed by atoms with Crippen LogP contribution in [-0.4, -0.2) is 37.5 Å². The predicted molar refractivity (Wildman–Crippen MR) is 118 cm³/mol. The second kappa shape index (κ2) is 8.30. The van der Waals surface area contributed by atoms with E-state index < -0.39 is 6.04 Å². The highest BCUT2D eigenvalue weighted by molar-refractivity contribution is 5.99. The van der Waals surface area contributed by atoms with Crippen LogP contribution in [0.2, 0.25) is 0 Å². The maximum atomic E-state index is 13.9. The number of anilines is 1. The lowest BCUT2D eigenvalue weighted by Crippen LogP contribution is -2.41. The Hall–Kier alpha value is -3.94. The summed E-state index contributed by atoms with van der Waals surface area (Å²) in [5.41, 5.74) is 3.00. The van der Waals surface area contributed by atoms with Crippen molar-refractivity contribution in [3.8, 4) is 0 Å². The van der Waals surface area contributed by atoms with Crippen molar-refractivity contribution in [2.24, 2.45) is 0 Å². The van der Waals surface area contributed by atoms with E-state index >= 15 is 0 Å². The topological polar surface area (TPSA) is 83.0 Å². The van der Waals surface area contributed by atoms with Gasteiger partial charge < -0.3 is 15.2 Å². The minimum absolute atomic E-state index is 0.0364. The van der Waals surface area contributed by atoms with E-state index in [9.17, 15) is 14.0 Å². The van der Waals surface area contributed by atoms with Gasteiger partial charge in [-0.1, -0.05) is 36.4 Å². The number of para-hydroxylation sites is 1. The summed E-state index contributed by atoms with van der Waals surface area (Å²) < 4.78 is 15.4. The van der Waals surface area contributed by atoms with Crippen LogP contribution in [0.1, 0.15) is 24.0 Å². The molecule has 2 N–H and O–H groups in total. The molecular weight excluding hydrogens is 409 g/mol. The first-order valence-corrected chi connectivity index (χ1v) is 10.5.